The average Bonchev–Trinajstić information content (AvgIpc) is 3.39. The van der Waals surface area contributed by atoms with Crippen LogP contribution in [0.5, 0.6) is 0 Å². The summed E-state index contributed by atoms with van der Waals surface area (Å²) >= 11 is 0. The van der Waals surface area contributed by atoms with Crippen molar-refractivity contribution in [1.82, 2.24) is 19.7 Å². The Morgan fingerprint density at radius 2 is 2.20 bits per heavy atom. The number of amides is 1. The van der Waals surface area contributed by atoms with Crippen LogP contribution in [0, 0.1) is 23.1 Å². The quantitative estimate of drug-likeness (QED) is 0.640. The van der Waals surface area contributed by atoms with Crippen molar-refractivity contribution < 1.29 is 13.6 Å². The van der Waals surface area contributed by atoms with E-state index in [0.717, 1.165) is 6.54 Å². The number of rotatable bonds is 6. The molecule has 3 N–H and O–H groups in total. The second kappa shape index (κ2) is 8.34. The summed E-state index contributed by atoms with van der Waals surface area (Å²) in [7, 11) is 0. The molecule has 1 aromatic carbocycles. The molecule has 0 bridgehead atoms. The summed E-state index contributed by atoms with van der Waals surface area (Å²) in [4.78, 5) is 18.2. The second-order valence-corrected chi connectivity index (χ2v) is 7.12. The number of nitrogens with two attached hydrogens (primary N) is 1. The van der Waals surface area contributed by atoms with Gasteiger partial charge in [-0.1, -0.05) is 0 Å². The second-order valence-electron chi connectivity index (χ2n) is 7.12. The van der Waals surface area contributed by atoms with Gasteiger partial charge in [-0.05, 0) is 30.7 Å². The Balaban J connectivity index is 1.53. The molecule has 1 amide bonds. The van der Waals surface area contributed by atoms with E-state index in [1.807, 2.05) is 0 Å². The van der Waals surface area contributed by atoms with E-state index in [-0.39, 0.29) is 29.2 Å². The van der Waals surface area contributed by atoms with Crippen molar-refractivity contribution in [2.45, 2.75) is 19.0 Å². The van der Waals surface area contributed by atoms with Crippen LogP contribution >= 0.6 is 0 Å². The fourth-order valence-corrected chi connectivity index (χ4v) is 3.62. The zero-order valence-electron chi connectivity index (χ0n) is 16.0. The lowest BCUT2D eigenvalue weighted by atomic mass is 9.93. The third-order valence-corrected chi connectivity index (χ3v) is 5.11. The monoisotopic (exact) mass is 409 g/mol. The minimum absolute atomic E-state index is 0.207. The van der Waals surface area contributed by atoms with Gasteiger partial charge in [0.15, 0.2) is 5.82 Å². The first-order valence-electron chi connectivity index (χ1n) is 9.45. The van der Waals surface area contributed by atoms with E-state index in [1.54, 1.807) is 29.2 Å². The van der Waals surface area contributed by atoms with E-state index in [2.05, 4.69) is 26.4 Å². The van der Waals surface area contributed by atoms with Crippen LogP contribution in [0.1, 0.15) is 28.7 Å². The van der Waals surface area contributed by atoms with Crippen molar-refractivity contribution in [1.29, 1.82) is 5.26 Å². The van der Waals surface area contributed by atoms with Gasteiger partial charge < -0.3 is 15.5 Å². The smallest absolute Gasteiger partial charge is 0.254 e. The number of primary amides is 1. The van der Waals surface area contributed by atoms with Gasteiger partial charge in [0.25, 0.3) is 5.91 Å². The Labute approximate surface area is 171 Å². The SMILES string of the molecule is N#C[C@H]1CN(Cc2ncco2)CC[C@H]1n1cc(C(N)=O)c(Nc2ccc(F)cc2)n1. The van der Waals surface area contributed by atoms with Crippen molar-refractivity contribution in [2.24, 2.45) is 11.7 Å². The normalized spacial score (nSPS) is 19.3. The molecular weight excluding hydrogens is 389 g/mol. The van der Waals surface area contributed by atoms with Gasteiger partial charge in [0, 0.05) is 25.0 Å². The van der Waals surface area contributed by atoms with E-state index in [9.17, 15) is 14.4 Å². The van der Waals surface area contributed by atoms with E-state index >= 15 is 0 Å². The Morgan fingerprint density at radius 3 is 2.87 bits per heavy atom. The number of hydrogen-bond donors (Lipinski definition) is 2. The Bertz CT molecular complexity index is 1060. The van der Waals surface area contributed by atoms with Gasteiger partial charge in [0.05, 0.1) is 30.8 Å². The topological polar surface area (TPSA) is 126 Å². The molecule has 0 spiro atoms. The molecule has 9 nitrogen and oxygen atoms in total. The number of hydrogen-bond acceptors (Lipinski definition) is 7. The highest BCUT2D eigenvalue weighted by Gasteiger charge is 2.32. The number of benzene rings is 1. The molecule has 3 heterocycles. The molecule has 2 aromatic heterocycles. The maximum atomic E-state index is 13.1. The Hall–Kier alpha value is -3.71. The number of carbonyl (C=O) groups excluding carboxylic acids is 1. The predicted octanol–water partition coefficient (Wildman–Crippen LogP) is 2.44. The summed E-state index contributed by atoms with van der Waals surface area (Å²) in [6.07, 6.45) is 5.34. The number of piperidine rings is 1. The zero-order valence-corrected chi connectivity index (χ0v) is 16.0. The number of oxazole rings is 1. The molecule has 0 unspecified atom stereocenters. The number of anilines is 2. The Morgan fingerprint density at radius 1 is 1.40 bits per heavy atom. The molecule has 2 atom stereocenters. The lowest BCUT2D eigenvalue weighted by Gasteiger charge is -2.34. The highest BCUT2D eigenvalue weighted by Crippen LogP contribution is 2.30. The Kier molecular flexibility index (Phi) is 5.45. The summed E-state index contributed by atoms with van der Waals surface area (Å²) < 4.78 is 20.1. The minimum Gasteiger partial charge on any atom is -0.448 e. The molecule has 0 aliphatic carbocycles. The molecule has 0 saturated carbocycles. The van der Waals surface area contributed by atoms with Gasteiger partial charge in [0.1, 0.15) is 17.6 Å². The number of nitrogens with one attached hydrogen (secondary N) is 1. The lowest BCUT2D eigenvalue weighted by Crippen LogP contribution is -2.40. The number of nitrogens with zero attached hydrogens (tertiary/aromatic N) is 5. The summed E-state index contributed by atoms with van der Waals surface area (Å²) in [5.74, 6) is -0.470. The molecule has 30 heavy (non-hydrogen) atoms. The first kappa shape index (κ1) is 19.6. The minimum atomic E-state index is -0.638. The molecule has 1 aliphatic heterocycles. The standard InChI is InChI=1S/C20H20FN7O2/c21-14-1-3-15(4-2-14)25-20-16(19(23)29)11-28(26-20)17-5-7-27(10-13(17)9-22)12-18-24-6-8-30-18/h1-4,6,8,11,13,17H,5,7,10,12H2,(H2,23,29)(H,25,26)/t13-,17+/m0/s1. The fraction of sp³-hybridized carbons (Fsp3) is 0.300. The molecule has 3 aromatic rings. The fourth-order valence-electron chi connectivity index (χ4n) is 3.62. The summed E-state index contributed by atoms with van der Waals surface area (Å²) in [5.41, 5.74) is 6.30. The summed E-state index contributed by atoms with van der Waals surface area (Å²) in [6.45, 7) is 1.77. The zero-order chi connectivity index (χ0) is 21.1. The van der Waals surface area contributed by atoms with Gasteiger partial charge in [-0.25, -0.2) is 9.37 Å². The van der Waals surface area contributed by atoms with Crippen LogP contribution in [-0.2, 0) is 6.54 Å². The van der Waals surface area contributed by atoms with Crippen LogP contribution < -0.4 is 11.1 Å². The number of likely N-dealkylation sites (tertiary alicyclic amines) is 1. The van der Waals surface area contributed by atoms with Crippen molar-refractivity contribution in [3.05, 3.63) is 60.2 Å². The van der Waals surface area contributed by atoms with E-state index in [4.69, 9.17) is 10.2 Å². The third-order valence-electron chi connectivity index (χ3n) is 5.11. The van der Waals surface area contributed by atoms with Crippen molar-refractivity contribution in [3.8, 4) is 6.07 Å². The van der Waals surface area contributed by atoms with Gasteiger partial charge in [0.2, 0.25) is 5.89 Å². The van der Waals surface area contributed by atoms with Crippen molar-refractivity contribution in [2.75, 3.05) is 18.4 Å². The lowest BCUT2D eigenvalue weighted by molar-refractivity contribution is 0.1000. The molecule has 0 radical (unpaired) electrons. The number of nitriles is 1. The van der Waals surface area contributed by atoms with Crippen LogP contribution in [0.4, 0.5) is 15.9 Å². The van der Waals surface area contributed by atoms with Gasteiger partial charge in [-0.2, -0.15) is 10.4 Å². The van der Waals surface area contributed by atoms with Crippen LogP contribution in [0.25, 0.3) is 0 Å². The summed E-state index contributed by atoms with van der Waals surface area (Å²) in [5, 5.41) is 17.2. The molecule has 154 valence electrons. The van der Waals surface area contributed by atoms with Crippen LogP contribution in [0.3, 0.4) is 0 Å². The van der Waals surface area contributed by atoms with Crippen molar-refractivity contribution in [3.63, 3.8) is 0 Å². The number of carbonyl (C=O) groups is 1. The van der Waals surface area contributed by atoms with E-state index in [0.29, 0.717) is 31.1 Å². The van der Waals surface area contributed by atoms with Gasteiger partial charge in [-0.3, -0.25) is 14.4 Å². The molecule has 10 heteroatoms. The van der Waals surface area contributed by atoms with Gasteiger partial charge in [-0.15, -0.1) is 0 Å². The maximum Gasteiger partial charge on any atom is 0.254 e. The molecular formula is C20H20FN7O2. The van der Waals surface area contributed by atoms with Crippen LogP contribution in [-0.4, -0.2) is 38.7 Å². The highest BCUT2D eigenvalue weighted by molar-refractivity contribution is 5.98. The first-order valence-corrected chi connectivity index (χ1v) is 9.45. The van der Waals surface area contributed by atoms with Crippen LogP contribution in [0.2, 0.25) is 0 Å². The van der Waals surface area contributed by atoms with E-state index < -0.39 is 5.91 Å². The maximum absolute atomic E-state index is 13.1. The first-order chi connectivity index (χ1) is 14.5. The predicted molar refractivity (Wildman–Crippen MR) is 105 cm³/mol. The number of halogens is 1. The third kappa shape index (κ3) is 4.16. The highest BCUT2D eigenvalue weighted by atomic mass is 19.1. The summed E-state index contributed by atoms with van der Waals surface area (Å²) in [6, 6.07) is 7.82. The van der Waals surface area contributed by atoms with E-state index in [1.165, 1.54) is 18.4 Å². The molecule has 4 rings (SSSR count). The molecule has 1 aliphatic rings. The van der Waals surface area contributed by atoms with Gasteiger partial charge >= 0.3 is 0 Å². The van der Waals surface area contributed by atoms with Crippen molar-refractivity contribution >= 4 is 17.4 Å². The number of aromatic nitrogens is 3. The molecule has 1 saturated heterocycles. The average molecular weight is 409 g/mol. The largest absolute Gasteiger partial charge is 0.448 e. The molecule has 1 fully saturated rings. The van der Waals surface area contributed by atoms with Crippen LogP contribution in [0.15, 0.2) is 47.3 Å².